The van der Waals surface area contributed by atoms with E-state index in [-0.39, 0.29) is 18.5 Å². The minimum atomic E-state index is -0.177. The molecule has 2 aromatic rings. The van der Waals surface area contributed by atoms with Gasteiger partial charge < -0.3 is 24.6 Å². The van der Waals surface area contributed by atoms with Gasteiger partial charge in [-0.3, -0.25) is 4.79 Å². The fourth-order valence-electron chi connectivity index (χ4n) is 3.51. The number of amides is 1. The maximum absolute atomic E-state index is 13.9. The van der Waals surface area contributed by atoms with E-state index < -0.39 is 0 Å². The Labute approximate surface area is 157 Å². The lowest BCUT2D eigenvalue weighted by Gasteiger charge is -2.33. The molecule has 0 saturated carbocycles. The van der Waals surface area contributed by atoms with Gasteiger partial charge in [0.15, 0.2) is 11.5 Å². The largest absolute Gasteiger partial charge is 0.454 e. The Balaban J connectivity index is 1.23. The fourth-order valence-corrected chi connectivity index (χ4v) is 3.51. The number of ether oxygens (including phenoxy) is 2. The molecule has 0 unspecified atom stereocenters. The standard InChI is InChI=1S/C20H22FN3O3/c21-16-3-1-2-4-17(16)24-11-9-23(10-12-24)8-7-20(25)22-15-5-6-18-19(13-15)27-14-26-18/h1-6,13H,7-12,14H2,(H,22,25)/p+1. The van der Waals surface area contributed by atoms with Gasteiger partial charge in [-0.25, -0.2) is 4.39 Å². The van der Waals surface area contributed by atoms with Crippen LogP contribution in [0.1, 0.15) is 6.42 Å². The molecule has 2 heterocycles. The van der Waals surface area contributed by atoms with Crippen LogP contribution in [0.15, 0.2) is 42.5 Å². The van der Waals surface area contributed by atoms with Crippen molar-refractivity contribution in [3.8, 4) is 11.5 Å². The molecule has 27 heavy (non-hydrogen) atoms. The van der Waals surface area contributed by atoms with Gasteiger partial charge in [0, 0.05) is 11.8 Å². The quantitative estimate of drug-likeness (QED) is 0.831. The van der Waals surface area contributed by atoms with Crippen LogP contribution in [-0.4, -0.2) is 45.4 Å². The zero-order valence-corrected chi connectivity index (χ0v) is 15.0. The van der Waals surface area contributed by atoms with Crippen LogP contribution in [-0.2, 0) is 4.79 Å². The van der Waals surface area contributed by atoms with Gasteiger partial charge in [0.25, 0.3) is 0 Å². The zero-order valence-electron chi connectivity index (χ0n) is 15.0. The van der Waals surface area contributed by atoms with Gasteiger partial charge in [-0.2, -0.15) is 0 Å². The monoisotopic (exact) mass is 372 g/mol. The van der Waals surface area contributed by atoms with E-state index >= 15 is 0 Å². The van der Waals surface area contributed by atoms with Gasteiger partial charge >= 0.3 is 0 Å². The second-order valence-electron chi connectivity index (χ2n) is 6.80. The average molecular weight is 372 g/mol. The summed E-state index contributed by atoms with van der Waals surface area (Å²) >= 11 is 0. The number of halogens is 1. The maximum atomic E-state index is 13.9. The molecule has 1 fully saturated rings. The van der Waals surface area contributed by atoms with Crippen molar-refractivity contribution in [2.24, 2.45) is 0 Å². The van der Waals surface area contributed by atoms with Crippen LogP contribution in [0.5, 0.6) is 11.5 Å². The summed E-state index contributed by atoms with van der Waals surface area (Å²) < 4.78 is 24.5. The first-order valence-corrected chi connectivity index (χ1v) is 9.21. The van der Waals surface area contributed by atoms with E-state index in [0.717, 1.165) is 32.7 Å². The summed E-state index contributed by atoms with van der Waals surface area (Å²) in [5, 5.41) is 2.91. The van der Waals surface area contributed by atoms with E-state index in [1.807, 2.05) is 18.2 Å². The number of para-hydroxylation sites is 1. The highest BCUT2D eigenvalue weighted by molar-refractivity contribution is 5.91. The topological polar surface area (TPSA) is 55.2 Å². The number of piperazine rings is 1. The predicted octanol–water partition coefficient (Wildman–Crippen LogP) is 1.29. The summed E-state index contributed by atoms with van der Waals surface area (Å²) in [5.41, 5.74) is 1.38. The van der Waals surface area contributed by atoms with Gasteiger partial charge in [-0.15, -0.1) is 0 Å². The predicted molar refractivity (Wildman–Crippen MR) is 100.0 cm³/mol. The second-order valence-corrected chi connectivity index (χ2v) is 6.80. The Bertz CT molecular complexity index is 822. The Morgan fingerprint density at radius 1 is 1.11 bits per heavy atom. The van der Waals surface area contributed by atoms with Crippen molar-refractivity contribution >= 4 is 17.3 Å². The summed E-state index contributed by atoms with van der Waals surface area (Å²) in [7, 11) is 0. The highest BCUT2D eigenvalue weighted by Gasteiger charge is 2.22. The number of fused-ring (bicyclic) bond motifs is 1. The number of quaternary nitrogens is 1. The molecule has 0 bridgehead atoms. The highest BCUT2D eigenvalue weighted by atomic mass is 19.1. The molecular weight excluding hydrogens is 349 g/mol. The SMILES string of the molecule is O=C(CC[NH+]1CCN(c2ccccc2F)CC1)Nc1ccc2c(c1)OCO2. The molecule has 2 aliphatic rings. The number of nitrogens with zero attached hydrogens (tertiary/aromatic N) is 1. The molecule has 0 radical (unpaired) electrons. The summed E-state index contributed by atoms with van der Waals surface area (Å²) in [5.74, 6) is 1.16. The number of benzene rings is 2. The number of anilines is 2. The van der Waals surface area contributed by atoms with Crippen molar-refractivity contribution in [1.29, 1.82) is 0 Å². The fraction of sp³-hybridized carbons (Fsp3) is 0.350. The van der Waals surface area contributed by atoms with Gasteiger partial charge in [0.05, 0.1) is 44.8 Å². The molecule has 142 valence electrons. The highest BCUT2D eigenvalue weighted by Crippen LogP contribution is 2.34. The molecule has 2 N–H and O–H groups in total. The maximum Gasteiger partial charge on any atom is 0.231 e. The number of hydrogen-bond acceptors (Lipinski definition) is 4. The number of carbonyl (C=O) groups is 1. The first-order chi connectivity index (χ1) is 13.2. The van der Waals surface area contributed by atoms with E-state index in [1.165, 1.54) is 11.0 Å². The molecular formula is C20H23FN3O3+. The van der Waals surface area contributed by atoms with Gasteiger partial charge in [-0.05, 0) is 24.3 Å². The molecule has 0 aliphatic carbocycles. The third kappa shape index (κ3) is 4.14. The van der Waals surface area contributed by atoms with Crippen LogP contribution in [0.3, 0.4) is 0 Å². The first-order valence-electron chi connectivity index (χ1n) is 9.21. The van der Waals surface area contributed by atoms with E-state index in [9.17, 15) is 9.18 Å². The lowest BCUT2D eigenvalue weighted by atomic mass is 10.2. The average Bonchev–Trinajstić information content (AvgIpc) is 3.15. The molecule has 1 saturated heterocycles. The van der Waals surface area contributed by atoms with Crippen LogP contribution in [0.2, 0.25) is 0 Å². The molecule has 1 amide bonds. The van der Waals surface area contributed by atoms with Crippen molar-refractivity contribution in [2.75, 3.05) is 49.7 Å². The third-order valence-corrected chi connectivity index (χ3v) is 5.03. The van der Waals surface area contributed by atoms with Crippen molar-refractivity contribution in [3.05, 3.63) is 48.3 Å². The number of nitrogens with one attached hydrogen (secondary N) is 2. The lowest BCUT2D eigenvalue weighted by Crippen LogP contribution is -3.15. The van der Waals surface area contributed by atoms with E-state index in [1.54, 1.807) is 18.2 Å². The minimum absolute atomic E-state index is 0.0158. The van der Waals surface area contributed by atoms with E-state index in [0.29, 0.717) is 29.3 Å². The normalized spacial score (nSPS) is 16.4. The number of carbonyl (C=O) groups excluding carboxylic acids is 1. The number of hydrogen-bond donors (Lipinski definition) is 2. The van der Waals surface area contributed by atoms with Crippen LogP contribution >= 0.6 is 0 Å². The molecule has 0 atom stereocenters. The van der Waals surface area contributed by atoms with Crippen LogP contribution in [0.4, 0.5) is 15.8 Å². The van der Waals surface area contributed by atoms with Crippen LogP contribution < -0.4 is 24.6 Å². The van der Waals surface area contributed by atoms with Crippen molar-refractivity contribution in [3.63, 3.8) is 0 Å². The Morgan fingerprint density at radius 2 is 1.89 bits per heavy atom. The Kier molecular flexibility index (Phi) is 5.11. The van der Waals surface area contributed by atoms with E-state index in [2.05, 4.69) is 10.2 Å². The first kappa shape index (κ1) is 17.6. The van der Waals surface area contributed by atoms with Crippen LogP contribution in [0, 0.1) is 5.82 Å². The molecule has 0 spiro atoms. The molecule has 2 aromatic carbocycles. The molecule has 7 heteroatoms. The van der Waals surface area contributed by atoms with Crippen molar-refractivity contribution < 1.29 is 23.6 Å². The minimum Gasteiger partial charge on any atom is -0.454 e. The van der Waals surface area contributed by atoms with E-state index in [4.69, 9.17) is 9.47 Å². The van der Waals surface area contributed by atoms with Gasteiger partial charge in [0.2, 0.25) is 12.7 Å². The molecule has 6 nitrogen and oxygen atoms in total. The summed E-state index contributed by atoms with van der Waals surface area (Å²) in [6.07, 6.45) is 0.448. The number of rotatable bonds is 5. The molecule has 0 aromatic heterocycles. The van der Waals surface area contributed by atoms with Gasteiger partial charge in [-0.1, -0.05) is 12.1 Å². The van der Waals surface area contributed by atoms with Crippen molar-refractivity contribution in [1.82, 2.24) is 0 Å². The molecule has 4 rings (SSSR count). The Hall–Kier alpha value is -2.80. The third-order valence-electron chi connectivity index (χ3n) is 5.03. The lowest BCUT2D eigenvalue weighted by molar-refractivity contribution is -0.900. The second kappa shape index (κ2) is 7.84. The smallest absolute Gasteiger partial charge is 0.231 e. The van der Waals surface area contributed by atoms with Crippen LogP contribution in [0.25, 0.3) is 0 Å². The molecule has 2 aliphatic heterocycles. The summed E-state index contributed by atoms with van der Waals surface area (Å²) in [4.78, 5) is 15.7. The van der Waals surface area contributed by atoms with Crippen molar-refractivity contribution in [2.45, 2.75) is 6.42 Å². The summed E-state index contributed by atoms with van der Waals surface area (Å²) in [6, 6.07) is 12.3. The summed E-state index contributed by atoms with van der Waals surface area (Å²) in [6.45, 7) is 4.35. The Morgan fingerprint density at radius 3 is 2.70 bits per heavy atom. The van der Waals surface area contributed by atoms with Gasteiger partial charge in [0.1, 0.15) is 5.82 Å². The zero-order chi connectivity index (χ0) is 18.6.